The Hall–Kier alpha value is -3.68. The normalized spacial score (nSPS) is 13.2. The smallest absolute Gasteiger partial charge is 0.230 e. The van der Waals surface area contributed by atoms with E-state index in [0.29, 0.717) is 33.9 Å². The zero-order valence-corrected chi connectivity index (χ0v) is 17.7. The second-order valence-corrected chi connectivity index (χ2v) is 8.24. The number of thiazole rings is 1. The third kappa shape index (κ3) is 3.95. The van der Waals surface area contributed by atoms with Gasteiger partial charge in [0.15, 0.2) is 0 Å². The summed E-state index contributed by atoms with van der Waals surface area (Å²) in [6.45, 7) is -0.102. The molecule has 2 N–H and O–H groups in total. The van der Waals surface area contributed by atoms with E-state index in [2.05, 4.69) is 10.3 Å². The molecule has 3 aromatic carbocycles. The third-order valence-electron chi connectivity index (χ3n) is 5.20. The molecule has 4 aromatic rings. The maximum atomic E-state index is 14.2. The Labute approximate surface area is 187 Å². The first-order chi connectivity index (χ1) is 15.6. The van der Waals surface area contributed by atoms with Crippen LogP contribution in [0.25, 0.3) is 21.7 Å². The molecule has 1 aliphatic rings. The summed E-state index contributed by atoms with van der Waals surface area (Å²) in [6, 6.07) is 19.6. The lowest BCUT2D eigenvalue weighted by Gasteiger charge is -2.09. The van der Waals surface area contributed by atoms with Gasteiger partial charge >= 0.3 is 0 Å². The fourth-order valence-corrected chi connectivity index (χ4v) is 4.45. The largest absolute Gasteiger partial charge is 0.390 e. The number of amides is 1. The van der Waals surface area contributed by atoms with Crippen LogP contribution in [0.15, 0.2) is 77.1 Å². The number of fused-ring (bicyclic) bond motifs is 1. The second-order valence-electron chi connectivity index (χ2n) is 7.38. The van der Waals surface area contributed by atoms with Gasteiger partial charge in [0, 0.05) is 16.5 Å². The van der Waals surface area contributed by atoms with Crippen LogP contribution in [0.3, 0.4) is 0 Å². The molecule has 0 radical (unpaired) electrons. The van der Waals surface area contributed by atoms with Crippen molar-refractivity contribution in [1.82, 2.24) is 4.98 Å². The van der Waals surface area contributed by atoms with E-state index in [0.717, 1.165) is 16.1 Å². The molecular formula is C25H18FN3O2S. The number of nitrogens with one attached hydrogen (secondary N) is 1. The highest BCUT2D eigenvalue weighted by molar-refractivity contribution is 7.13. The van der Waals surface area contributed by atoms with Crippen LogP contribution in [-0.2, 0) is 11.4 Å². The van der Waals surface area contributed by atoms with Gasteiger partial charge in [0.25, 0.3) is 0 Å². The summed E-state index contributed by atoms with van der Waals surface area (Å²) in [5.41, 5.74) is 5.30. The zero-order valence-electron chi connectivity index (χ0n) is 16.9. The van der Waals surface area contributed by atoms with Crippen LogP contribution in [0.2, 0.25) is 0 Å². The van der Waals surface area contributed by atoms with Gasteiger partial charge in [0.1, 0.15) is 10.8 Å². The van der Waals surface area contributed by atoms with Crippen molar-refractivity contribution in [1.29, 1.82) is 0 Å². The third-order valence-corrected chi connectivity index (χ3v) is 6.14. The number of hydrogen-bond donors (Lipinski definition) is 2. The van der Waals surface area contributed by atoms with Crippen molar-refractivity contribution in [2.75, 3.05) is 5.32 Å². The van der Waals surface area contributed by atoms with Crippen LogP contribution < -0.4 is 5.32 Å². The fourth-order valence-electron chi connectivity index (χ4n) is 3.64. The van der Waals surface area contributed by atoms with Crippen molar-refractivity contribution in [2.45, 2.75) is 13.0 Å². The first-order valence-electron chi connectivity index (χ1n) is 10.0. The molecule has 0 aliphatic carbocycles. The van der Waals surface area contributed by atoms with E-state index in [1.165, 1.54) is 17.4 Å². The average molecular weight is 444 g/mol. The minimum absolute atomic E-state index is 0.102. The standard InChI is InChI=1S/C25H18FN3O2S/c26-20-7-2-1-6-19(20)15-8-9-21-23(11-15)29-24(31)12-22(28-21)16-4-3-5-17(10-16)25-27-18(13-30)14-32-25/h1-11,14,30H,12-13H2,(H,29,31). The zero-order chi connectivity index (χ0) is 22.1. The second kappa shape index (κ2) is 8.45. The average Bonchev–Trinajstić information content (AvgIpc) is 3.23. The topological polar surface area (TPSA) is 74.6 Å². The molecule has 0 bridgehead atoms. The van der Waals surface area contributed by atoms with E-state index < -0.39 is 0 Å². The Morgan fingerprint density at radius 1 is 1.00 bits per heavy atom. The van der Waals surface area contributed by atoms with Crippen LogP contribution in [0.4, 0.5) is 15.8 Å². The van der Waals surface area contributed by atoms with Crippen LogP contribution in [0.5, 0.6) is 0 Å². The Bertz CT molecular complexity index is 1360. The first kappa shape index (κ1) is 20.2. The van der Waals surface area contributed by atoms with Crippen molar-refractivity contribution in [3.05, 3.63) is 89.2 Å². The number of aromatic nitrogens is 1. The lowest BCUT2D eigenvalue weighted by Crippen LogP contribution is -2.15. The molecule has 0 fully saturated rings. The summed E-state index contributed by atoms with van der Waals surface area (Å²) in [5.74, 6) is -0.504. The number of aliphatic hydroxyl groups is 1. The monoisotopic (exact) mass is 443 g/mol. The van der Waals surface area contributed by atoms with Gasteiger partial charge in [-0.05, 0) is 35.4 Å². The molecule has 2 heterocycles. The Kier molecular flexibility index (Phi) is 5.34. The molecule has 1 amide bonds. The quantitative estimate of drug-likeness (QED) is 0.433. The molecule has 1 aromatic heterocycles. The first-order valence-corrected chi connectivity index (χ1v) is 10.9. The number of benzene rings is 3. The van der Waals surface area contributed by atoms with Crippen molar-refractivity contribution < 1.29 is 14.3 Å². The molecule has 1 aliphatic heterocycles. The summed E-state index contributed by atoms with van der Waals surface area (Å²) in [6.07, 6.45) is 0.118. The molecule has 5 rings (SSSR count). The van der Waals surface area contributed by atoms with Crippen molar-refractivity contribution in [3.8, 4) is 21.7 Å². The highest BCUT2D eigenvalue weighted by Gasteiger charge is 2.19. The van der Waals surface area contributed by atoms with E-state index in [4.69, 9.17) is 4.99 Å². The summed E-state index contributed by atoms with van der Waals surface area (Å²) in [7, 11) is 0. The predicted molar refractivity (Wildman–Crippen MR) is 125 cm³/mol. The minimum Gasteiger partial charge on any atom is -0.390 e. The number of hydrogen-bond acceptors (Lipinski definition) is 5. The van der Waals surface area contributed by atoms with Crippen LogP contribution >= 0.6 is 11.3 Å². The van der Waals surface area contributed by atoms with Gasteiger partial charge in [-0.3, -0.25) is 9.79 Å². The number of aliphatic hydroxyl groups excluding tert-OH is 1. The van der Waals surface area contributed by atoms with Gasteiger partial charge in [0.2, 0.25) is 5.91 Å². The summed E-state index contributed by atoms with van der Waals surface area (Å²) in [4.78, 5) is 21.8. The van der Waals surface area contributed by atoms with Gasteiger partial charge in [-0.15, -0.1) is 11.3 Å². The SMILES string of the molecule is O=C1CC(c2cccc(-c3nc(CO)cs3)c2)=Nc2ccc(-c3ccccc3F)cc2N1. The molecule has 0 atom stereocenters. The fraction of sp³-hybridized carbons (Fsp3) is 0.0800. The Morgan fingerprint density at radius 3 is 2.66 bits per heavy atom. The Morgan fingerprint density at radius 2 is 1.84 bits per heavy atom. The highest BCUT2D eigenvalue weighted by Crippen LogP contribution is 2.35. The molecular weight excluding hydrogens is 425 g/mol. The van der Waals surface area contributed by atoms with Crippen LogP contribution in [0, 0.1) is 5.82 Å². The Balaban J connectivity index is 1.53. The molecule has 0 saturated heterocycles. The minimum atomic E-state index is -0.319. The maximum absolute atomic E-state index is 14.2. The molecule has 0 saturated carbocycles. The van der Waals surface area contributed by atoms with Gasteiger partial charge in [-0.2, -0.15) is 0 Å². The lowest BCUT2D eigenvalue weighted by atomic mass is 10.0. The lowest BCUT2D eigenvalue weighted by molar-refractivity contribution is -0.115. The summed E-state index contributed by atoms with van der Waals surface area (Å²) >= 11 is 1.46. The number of aliphatic imine (C=N–C) groups is 1. The maximum Gasteiger partial charge on any atom is 0.230 e. The van der Waals surface area contributed by atoms with Crippen LogP contribution in [0.1, 0.15) is 17.7 Å². The number of nitrogens with zero attached hydrogens (tertiary/aromatic N) is 2. The predicted octanol–water partition coefficient (Wildman–Crippen LogP) is 5.57. The van der Waals surface area contributed by atoms with Gasteiger partial charge in [-0.1, -0.05) is 42.5 Å². The van der Waals surface area contributed by atoms with E-state index in [-0.39, 0.29) is 24.8 Å². The van der Waals surface area contributed by atoms with Crippen molar-refractivity contribution >= 4 is 34.3 Å². The van der Waals surface area contributed by atoms with E-state index >= 15 is 0 Å². The van der Waals surface area contributed by atoms with E-state index in [1.807, 2.05) is 29.6 Å². The molecule has 5 nitrogen and oxygen atoms in total. The van der Waals surface area contributed by atoms with E-state index in [9.17, 15) is 14.3 Å². The number of halogens is 1. The molecule has 158 valence electrons. The van der Waals surface area contributed by atoms with Gasteiger partial charge in [-0.25, -0.2) is 9.37 Å². The van der Waals surface area contributed by atoms with Crippen molar-refractivity contribution in [3.63, 3.8) is 0 Å². The van der Waals surface area contributed by atoms with Crippen LogP contribution in [-0.4, -0.2) is 21.7 Å². The summed E-state index contributed by atoms with van der Waals surface area (Å²) in [5, 5.41) is 14.8. The summed E-state index contributed by atoms with van der Waals surface area (Å²) < 4.78 is 14.2. The van der Waals surface area contributed by atoms with Crippen molar-refractivity contribution in [2.24, 2.45) is 4.99 Å². The van der Waals surface area contributed by atoms with Gasteiger partial charge in [0.05, 0.1) is 35.8 Å². The van der Waals surface area contributed by atoms with E-state index in [1.54, 1.807) is 36.4 Å². The number of rotatable bonds is 4. The number of carbonyl (C=O) groups is 1. The molecule has 32 heavy (non-hydrogen) atoms. The molecule has 0 unspecified atom stereocenters. The highest BCUT2D eigenvalue weighted by atomic mass is 32.1. The number of anilines is 1. The number of carbonyl (C=O) groups excluding carboxylic acids is 1. The molecule has 7 heteroatoms. The van der Waals surface area contributed by atoms with Gasteiger partial charge < -0.3 is 10.4 Å². The molecule has 0 spiro atoms.